The summed E-state index contributed by atoms with van der Waals surface area (Å²) < 4.78 is 10.6. The van der Waals surface area contributed by atoms with Gasteiger partial charge in [-0.25, -0.2) is 0 Å². The van der Waals surface area contributed by atoms with Gasteiger partial charge in [-0.15, -0.1) is 0 Å². The van der Waals surface area contributed by atoms with Gasteiger partial charge in [0.2, 0.25) is 0 Å². The van der Waals surface area contributed by atoms with E-state index in [1.807, 2.05) is 6.55 Å². The predicted octanol–water partition coefficient (Wildman–Crippen LogP) is 3.03. The summed E-state index contributed by atoms with van der Waals surface area (Å²) >= 11 is 0. The molecular weight excluding hydrogens is 180 g/mol. The van der Waals surface area contributed by atoms with E-state index in [1.165, 1.54) is 19.3 Å². The van der Waals surface area contributed by atoms with Gasteiger partial charge in [0.05, 0.1) is 0 Å². The topological polar surface area (TPSA) is 18.5 Å². The van der Waals surface area contributed by atoms with Crippen LogP contribution in [0.25, 0.3) is 0 Å². The van der Waals surface area contributed by atoms with Crippen LogP contribution >= 0.6 is 0 Å². The lowest BCUT2D eigenvalue weighted by Gasteiger charge is -2.17. The summed E-state index contributed by atoms with van der Waals surface area (Å²) in [7, 11) is 1.49. The van der Waals surface area contributed by atoms with Gasteiger partial charge in [-0.3, -0.25) is 0 Å². The summed E-state index contributed by atoms with van der Waals surface area (Å²) in [6.45, 7) is 4.26. The molecule has 0 radical (unpaired) electrons. The third kappa shape index (κ3) is 6.02. The smallest absolute Gasteiger partial charge is 0.360 e. The Bertz CT molecular complexity index is 142. The van der Waals surface area contributed by atoms with Crippen LogP contribution in [0, 0.1) is 0 Å². The molecule has 0 fully saturated rings. The number of rotatable bonds is 7. The van der Waals surface area contributed by atoms with Crippen LogP contribution in [-0.4, -0.2) is 22.8 Å². The molecule has 0 aromatic rings. The van der Waals surface area contributed by atoms with E-state index in [1.54, 1.807) is 14.2 Å². The second-order valence-electron chi connectivity index (χ2n) is 3.32. The van der Waals surface area contributed by atoms with Gasteiger partial charge in [0.1, 0.15) is 0 Å². The summed E-state index contributed by atoms with van der Waals surface area (Å²) in [5, 5.41) is 0. The summed E-state index contributed by atoms with van der Waals surface area (Å²) in [6.07, 6.45) is 7.18. The zero-order valence-electron chi connectivity index (χ0n) is 9.30. The molecule has 2 nitrogen and oxygen atoms in total. The quantitative estimate of drug-likeness (QED) is 0.467. The van der Waals surface area contributed by atoms with Crippen LogP contribution in [0.15, 0.2) is 11.8 Å². The van der Waals surface area contributed by atoms with E-state index in [2.05, 4.69) is 18.7 Å². The molecule has 0 aliphatic carbocycles. The third-order valence-electron chi connectivity index (χ3n) is 2.21. The van der Waals surface area contributed by atoms with Crippen molar-refractivity contribution in [2.45, 2.75) is 39.2 Å². The predicted molar refractivity (Wildman–Crippen MR) is 58.9 cm³/mol. The fourth-order valence-corrected chi connectivity index (χ4v) is 2.06. The highest BCUT2D eigenvalue weighted by Gasteiger charge is 2.23. The Hall–Kier alpha value is -0.123. The molecule has 0 atom stereocenters. The van der Waals surface area contributed by atoms with E-state index >= 15 is 0 Å². The van der Waals surface area contributed by atoms with E-state index in [0.717, 1.165) is 6.42 Å². The summed E-state index contributed by atoms with van der Waals surface area (Å²) in [5.74, 6) is 0. The number of allylic oxidation sites excluding steroid dienone is 1. The molecule has 0 heterocycles. The first-order valence-corrected chi connectivity index (χ1v) is 7.36. The molecule has 0 unspecified atom stereocenters. The van der Waals surface area contributed by atoms with Crippen LogP contribution in [-0.2, 0) is 8.85 Å². The van der Waals surface area contributed by atoms with Crippen LogP contribution in [0.5, 0.6) is 0 Å². The number of hydrogen-bond donors (Lipinski definition) is 0. The largest absolute Gasteiger partial charge is 0.395 e. The third-order valence-corrected chi connectivity index (χ3v) is 4.67. The van der Waals surface area contributed by atoms with Gasteiger partial charge in [-0.05, 0) is 25.1 Å². The lowest BCUT2D eigenvalue weighted by Crippen LogP contribution is -2.33. The maximum atomic E-state index is 5.32. The van der Waals surface area contributed by atoms with Crippen LogP contribution in [0.1, 0.15) is 32.6 Å². The van der Waals surface area contributed by atoms with Crippen LogP contribution in [0.2, 0.25) is 6.55 Å². The molecule has 0 rings (SSSR count). The molecule has 0 aromatic heterocycles. The van der Waals surface area contributed by atoms with Crippen molar-refractivity contribution in [2.24, 2.45) is 0 Å². The maximum absolute atomic E-state index is 5.32. The monoisotopic (exact) mass is 202 g/mol. The Morgan fingerprint density at radius 2 is 1.77 bits per heavy atom. The molecule has 13 heavy (non-hydrogen) atoms. The molecule has 0 aromatic carbocycles. The van der Waals surface area contributed by atoms with Gasteiger partial charge < -0.3 is 8.85 Å². The van der Waals surface area contributed by atoms with E-state index < -0.39 is 8.56 Å². The first-order chi connectivity index (χ1) is 6.18. The Labute approximate surface area is 83.2 Å². The van der Waals surface area contributed by atoms with Crippen molar-refractivity contribution in [1.82, 2.24) is 0 Å². The summed E-state index contributed by atoms with van der Waals surface area (Å²) in [4.78, 5) is 0. The molecular formula is C10H22O2Si. The van der Waals surface area contributed by atoms with E-state index in [9.17, 15) is 0 Å². The highest BCUT2D eigenvalue weighted by atomic mass is 28.4. The van der Waals surface area contributed by atoms with Gasteiger partial charge in [0, 0.05) is 14.2 Å². The normalized spacial score (nSPS) is 12.6. The molecule has 3 heteroatoms. The maximum Gasteiger partial charge on any atom is 0.360 e. The number of unbranched alkanes of at least 4 members (excludes halogenated alkanes) is 3. The first kappa shape index (κ1) is 12.9. The van der Waals surface area contributed by atoms with Crippen molar-refractivity contribution >= 4 is 8.56 Å². The SMILES string of the molecule is CCCCCC=C[Si](C)(OC)OC. The number of hydrogen-bond acceptors (Lipinski definition) is 2. The van der Waals surface area contributed by atoms with Gasteiger partial charge in [-0.1, -0.05) is 25.8 Å². The van der Waals surface area contributed by atoms with E-state index in [4.69, 9.17) is 8.85 Å². The highest BCUT2D eigenvalue weighted by Crippen LogP contribution is 2.08. The molecule has 0 N–H and O–H groups in total. The Morgan fingerprint density at radius 1 is 1.15 bits per heavy atom. The van der Waals surface area contributed by atoms with Crippen LogP contribution in [0.4, 0.5) is 0 Å². The van der Waals surface area contributed by atoms with E-state index in [0.29, 0.717) is 0 Å². The minimum atomic E-state index is -1.94. The Kier molecular flexibility index (Phi) is 7.23. The molecule has 0 spiro atoms. The fourth-order valence-electron chi connectivity index (χ4n) is 1.03. The Morgan fingerprint density at radius 3 is 2.23 bits per heavy atom. The fraction of sp³-hybridized carbons (Fsp3) is 0.800. The average Bonchev–Trinajstić information content (AvgIpc) is 2.17. The van der Waals surface area contributed by atoms with Crippen molar-refractivity contribution < 1.29 is 8.85 Å². The molecule has 0 bridgehead atoms. The Balaban J connectivity index is 3.67. The second kappa shape index (κ2) is 7.30. The van der Waals surface area contributed by atoms with Gasteiger partial charge in [0.15, 0.2) is 0 Å². The molecule has 0 amide bonds. The van der Waals surface area contributed by atoms with E-state index in [-0.39, 0.29) is 0 Å². The molecule has 0 aliphatic heterocycles. The average molecular weight is 202 g/mol. The van der Waals surface area contributed by atoms with Crippen molar-refractivity contribution in [3.8, 4) is 0 Å². The lowest BCUT2D eigenvalue weighted by molar-refractivity contribution is 0.264. The standard InChI is InChI=1S/C10H22O2Si/c1-5-6-7-8-9-10-13(4,11-2)12-3/h9-10H,5-8H2,1-4H3. The summed E-state index contributed by atoms with van der Waals surface area (Å²) in [5.41, 5.74) is 2.11. The van der Waals surface area contributed by atoms with Crippen molar-refractivity contribution in [3.63, 3.8) is 0 Å². The zero-order valence-corrected chi connectivity index (χ0v) is 10.3. The first-order valence-electron chi connectivity index (χ1n) is 4.96. The van der Waals surface area contributed by atoms with Crippen LogP contribution < -0.4 is 0 Å². The minimum absolute atomic E-state index is 1.14. The van der Waals surface area contributed by atoms with Gasteiger partial charge in [0.25, 0.3) is 0 Å². The molecule has 78 valence electrons. The van der Waals surface area contributed by atoms with Crippen LogP contribution in [0.3, 0.4) is 0 Å². The molecule has 0 aliphatic rings. The highest BCUT2D eigenvalue weighted by molar-refractivity contribution is 6.71. The van der Waals surface area contributed by atoms with Gasteiger partial charge in [-0.2, -0.15) is 0 Å². The zero-order chi connectivity index (χ0) is 10.2. The minimum Gasteiger partial charge on any atom is -0.395 e. The lowest BCUT2D eigenvalue weighted by atomic mass is 10.2. The van der Waals surface area contributed by atoms with Crippen molar-refractivity contribution in [3.05, 3.63) is 11.8 Å². The molecule has 0 saturated heterocycles. The van der Waals surface area contributed by atoms with Crippen molar-refractivity contribution in [2.75, 3.05) is 14.2 Å². The van der Waals surface area contributed by atoms with Gasteiger partial charge >= 0.3 is 8.56 Å². The molecule has 0 saturated carbocycles. The van der Waals surface area contributed by atoms with Crippen molar-refractivity contribution in [1.29, 1.82) is 0 Å². The second-order valence-corrected chi connectivity index (χ2v) is 6.50. The summed E-state index contributed by atoms with van der Waals surface area (Å²) in [6, 6.07) is 0.